The number of carboxylic acids is 2. The second kappa shape index (κ2) is 13.0. The molecular formula is C16H28N4O8S. The van der Waals surface area contributed by atoms with Crippen LogP contribution in [0.1, 0.15) is 26.7 Å². The van der Waals surface area contributed by atoms with E-state index in [9.17, 15) is 29.1 Å². The van der Waals surface area contributed by atoms with Gasteiger partial charge in [0.25, 0.3) is 0 Å². The molecule has 0 fully saturated rings. The van der Waals surface area contributed by atoms with Gasteiger partial charge < -0.3 is 37.0 Å². The predicted molar refractivity (Wildman–Crippen MR) is 104 cm³/mol. The zero-order valence-electron chi connectivity index (χ0n) is 16.1. The molecule has 4 unspecified atom stereocenters. The van der Waals surface area contributed by atoms with Crippen molar-refractivity contribution in [1.29, 1.82) is 0 Å². The summed E-state index contributed by atoms with van der Waals surface area (Å²) < 4.78 is 0. The number of aliphatic hydroxyl groups excluding tert-OH is 1. The number of nitrogens with one attached hydrogen (secondary N) is 3. The maximum Gasteiger partial charge on any atom is 0.326 e. The first-order valence-corrected chi connectivity index (χ1v) is 9.40. The fourth-order valence-corrected chi connectivity index (χ4v) is 2.37. The van der Waals surface area contributed by atoms with Gasteiger partial charge in [-0.05, 0) is 12.3 Å². The summed E-state index contributed by atoms with van der Waals surface area (Å²) in [6, 6.07) is -5.06. The van der Waals surface area contributed by atoms with Crippen LogP contribution in [0, 0.1) is 5.92 Å². The number of thiol groups is 1. The fraction of sp³-hybridized carbons (Fsp3) is 0.688. The maximum absolute atomic E-state index is 12.3. The molecule has 0 aromatic heterocycles. The molecule has 29 heavy (non-hydrogen) atoms. The van der Waals surface area contributed by atoms with Crippen LogP contribution in [0.3, 0.4) is 0 Å². The standard InChI is InChI=1S/C16H28N4O8S/c1-7(2)12(16(27)28)20-15(26)10(6-29)19-14(25)9(5-21)18-13(24)8(17)3-4-11(22)23/h7-10,12,21,29H,3-6,17H2,1-2H3,(H,18,24)(H,19,25)(H,20,26)(H,22,23)(H,27,28). The van der Waals surface area contributed by atoms with Crippen LogP contribution in [0.25, 0.3) is 0 Å². The first kappa shape index (κ1) is 26.6. The minimum atomic E-state index is -1.45. The second-order valence-corrected chi connectivity index (χ2v) is 6.96. The van der Waals surface area contributed by atoms with Crippen molar-refractivity contribution in [1.82, 2.24) is 16.0 Å². The van der Waals surface area contributed by atoms with Crippen molar-refractivity contribution < 1.29 is 39.3 Å². The number of nitrogens with two attached hydrogens (primary N) is 1. The van der Waals surface area contributed by atoms with Crippen LogP contribution in [0.2, 0.25) is 0 Å². The number of carbonyl (C=O) groups is 5. The van der Waals surface area contributed by atoms with E-state index < -0.39 is 66.4 Å². The van der Waals surface area contributed by atoms with Crippen molar-refractivity contribution in [3.05, 3.63) is 0 Å². The number of aliphatic carboxylic acids is 2. The van der Waals surface area contributed by atoms with Crippen molar-refractivity contribution in [2.24, 2.45) is 11.7 Å². The molecule has 12 nitrogen and oxygen atoms in total. The first-order chi connectivity index (χ1) is 13.4. The van der Waals surface area contributed by atoms with Crippen molar-refractivity contribution >= 4 is 42.3 Å². The van der Waals surface area contributed by atoms with Gasteiger partial charge in [-0.2, -0.15) is 12.6 Å². The number of aliphatic hydroxyl groups is 1. The van der Waals surface area contributed by atoms with Gasteiger partial charge in [-0.25, -0.2) is 4.79 Å². The highest BCUT2D eigenvalue weighted by atomic mass is 32.1. The summed E-state index contributed by atoms with van der Waals surface area (Å²) in [7, 11) is 0. The number of carboxylic acid groups (broad SMARTS) is 2. The Labute approximate surface area is 173 Å². The van der Waals surface area contributed by atoms with Gasteiger partial charge in [0.05, 0.1) is 12.6 Å². The second-order valence-electron chi connectivity index (χ2n) is 6.59. The topological polar surface area (TPSA) is 208 Å². The Hall–Kier alpha value is -2.38. The molecule has 13 heteroatoms. The van der Waals surface area contributed by atoms with Gasteiger partial charge in [0.1, 0.15) is 18.1 Å². The molecule has 0 aliphatic carbocycles. The largest absolute Gasteiger partial charge is 0.481 e. The van der Waals surface area contributed by atoms with E-state index in [1.165, 1.54) is 0 Å². The average Bonchev–Trinajstić information content (AvgIpc) is 2.64. The van der Waals surface area contributed by atoms with E-state index in [0.717, 1.165) is 0 Å². The number of amides is 3. The van der Waals surface area contributed by atoms with Crippen molar-refractivity contribution in [2.75, 3.05) is 12.4 Å². The predicted octanol–water partition coefficient (Wildman–Crippen LogP) is -2.70. The maximum atomic E-state index is 12.3. The normalized spacial score (nSPS) is 15.0. The molecule has 8 N–H and O–H groups in total. The Balaban J connectivity index is 4.95. The van der Waals surface area contributed by atoms with Crippen LogP contribution < -0.4 is 21.7 Å². The van der Waals surface area contributed by atoms with Gasteiger partial charge in [-0.1, -0.05) is 13.8 Å². The lowest BCUT2D eigenvalue weighted by molar-refractivity contribution is -0.143. The van der Waals surface area contributed by atoms with Gasteiger partial charge in [-0.15, -0.1) is 0 Å². The summed E-state index contributed by atoms with van der Waals surface area (Å²) in [5, 5.41) is 33.8. The molecule has 4 atom stereocenters. The summed E-state index contributed by atoms with van der Waals surface area (Å²) in [4.78, 5) is 58.2. The highest BCUT2D eigenvalue weighted by Crippen LogP contribution is 2.03. The molecule has 0 radical (unpaired) electrons. The molecular weight excluding hydrogens is 408 g/mol. The Morgan fingerprint density at radius 3 is 1.86 bits per heavy atom. The zero-order valence-corrected chi connectivity index (χ0v) is 17.0. The van der Waals surface area contributed by atoms with Gasteiger partial charge >= 0.3 is 11.9 Å². The van der Waals surface area contributed by atoms with E-state index in [0.29, 0.717) is 0 Å². The van der Waals surface area contributed by atoms with Crippen LogP contribution in [0.4, 0.5) is 0 Å². The smallest absolute Gasteiger partial charge is 0.326 e. The Morgan fingerprint density at radius 2 is 1.45 bits per heavy atom. The molecule has 3 amide bonds. The van der Waals surface area contributed by atoms with Crippen LogP contribution in [-0.2, 0) is 24.0 Å². The van der Waals surface area contributed by atoms with Crippen molar-refractivity contribution in [3.63, 3.8) is 0 Å². The minimum Gasteiger partial charge on any atom is -0.481 e. The zero-order chi connectivity index (χ0) is 22.7. The minimum absolute atomic E-state index is 0.172. The number of rotatable bonds is 13. The third kappa shape index (κ3) is 9.58. The molecule has 0 saturated carbocycles. The molecule has 166 valence electrons. The number of hydrogen-bond acceptors (Lipinski definition) is 8. The Bertz CT molecular complexity index is 616. The molecule has 0 rings (SSSR count). The lowest BCUT2D eigenvalue weighted by Crippen LogP contribution is -2.59. The quantitative estimate of drug-likeness (QED) is 0.141. The highest BCUT2D eigenvalue weighted by molar-refractivity contribution is 7.80. The highest BCUT2D eigenvalue weighted by Gasteiger charge is 2.30. The third-order valence-corrected chi connectivity index (χ3v) is 4.23. The lowest BCUT2D eigenvalue weighted by Gasteiger charge is -2.24. The molecule has 0 aliphatic rings. The SMILES string of the molecule is CC(C)C(NC(=O)C(CS)NC(=O)C(CO)NC(=O)C(N)CCC(=O)O)C(=O)O. The van der Waals surface area contributed by atoms with Gasteiger partial charge in [-0.3, -0.25) is 19.2 Å². The van der Waals surface area contributed by atoms with Gasteiger partial charge in [0, 0.05) is 12.2 Å². The molecule has 0 aliphatic heterocycles. The van der Waals surface area contributed by atoms with Gasteiger partial charge in [0.2, 0.25) is 17.7 Å². The summed E-state index contributed by atoms with van der Waals surface area (Å²) in [6.45, 7) is 2.38. The summed E-state index contributed by atoms with van der Waals surface area (Å²) in [5.41, 5.74) is 5.54. The van der Waals surface area contributed by atoms with E-state index in [4.69, 9.17) is 15.9 Å². The van der Waals surface area contributed by atoms with Crippen LogP contribution in [0.15, 0.2) is 0 Å². The fourth-order valence-electron chi connectivity index (χ4n) is 2.12. The van der Waals surface area contributed by atoms with E-state index in [-0.39, 0.29) is 18.6 Å². The molecule has 0 bridgehead atoms. The van der Waals surface area contributed by atoms with Crippen molar-refractivity contribution in [3.8, 4) is 0 Å². The third-order valence-electron chi connectivity index (χ3n) is 3.87. The summed E-state index contributed by atoms with van der Waals surface area (Å²) in [6.07, 6.45) is -0.526. The monoisotopic (exact) mass is 436 g/mol. The Kier molecular flexibility index (Phi) is 11.9. The van der Waals surface area contributed by atoms with Crippen LogP contribution >= 0.6 is 12.6 Å². The molecule has 0 aromatic carbocycles. The summed E-state index contributed by atoms with van der Waals surface area (Å²) >= 11 is 3.95. The van der Waals surface area contributed by atoms with E-state index in [1.54, 1.807) is 13.8 Å². The van der Waals surface area contributed by atoms with Gasteiger partial charge in [0.15, 0.2) is 0 Å². The van der Waals surface area contributed by atoms with E-state index in [1.807, 2.05) is 0 Å². The molecule has 0 spiro atoms. The first-order valence-electron chi connectivity index (χ1n) is 8.77. The Morgan fingerprint density at radius 1 is 0.931 bits per heavy atom. The molecule has 0 heterocycles. The molecule has 0 saturated heterocycles. The van der Waals surface area contributed by atoms with E-state index in [2.05, 4.69) is 28.6 Å². The molecule has 0 aromatic rings. The van der Waals surface area contributed by atoms with Crippen LogP contribution in [0.5, 0.6) is 0 Å². The van der Waals surface area contributed by atoms with Crippen LogP contribution in [-0.4, -0.2) is 81.5 Å². The number of carbonyl (C=O) groups excluding carboxylic acids is 3. The van der Waals surface area contributed by atoms with Crippen molar-refractivity contribution in [2.45, 2.75) is 50.9 Å². The average molecular weight is 436 g/mol. The van der Waals surface area contributed by atoms with E-state index >= 15 is 0 Å². The summed E-state index contributed by atoms with van der Waals surface area (Å²) in [5.74, 6) is -5.54. The number of hydrogen-bond donors (Lipinski definition) is 8. The lowest BCUT2D eigenvalue weighted by atomic mass is 10.0.